The summed E-state index contributed by atoms with van der Waals surface area (Å²) in [6.45, 7) is 3.78. The van der Waals surface area contributed by atoms with Gasteiger partial charge in [0.1, 0.15) is 5.76 Å². The third kappa shape index (κ3) is 3.84. The van der Waals surface area contributed by atoms with Crippen molar-refractivity contribution in [1.82, 2.24) is 9.97 Å². The van der Waals surface area contributed by atoms with E-state index in [4.69, 9.17) is 4.42 Å². The summed E-state index contributed by atoms with van der Waals surface area (Å²) >= 11 is 3.03. The largest absolute Gasteiger partial charge is 0.440 e. The van der Waals surface area contributed by atoms with Crippen molar-refractivity contribution in [2.45, 2.75) is 20.3 Å². The SMILES string of the molecule is Cc1nc(NC(=O)Cc2nc(-c3cccs3)oc2C)sc1-c1ccccc1. The summed E-state index contributed by atoms with van der Waals surface area (Å²) < 4.78 is 5.70. The molecule has 0 spiro atoms. The van der Waals surface area contributed by atoms with Gasteiger partial charge in [0.05, 0.1) is 27.6 Å². The van der Waals surface area contributed by atoms with Crippen molar-refractivity contribution in [3.05, 3.63) is 65.0 Å². The maximum absolute atomic E-state index is 12.5. The van der Waals surface area contributed by atoms with E-state index in [-0.39, 0.29) is 12.3 Å². The molecule has 1 amide bonds. The molecule has 3 aromatic heterocycles. The molecule has 0 aliphatic heterocycles. The summed E-state index contributed by atoms with van der Waals surface area (Å²) in [7, 11) is 0. The predicted octanol–water partition coefficient (Wildman–Crippen LogP) is 5.32. The molecule has 27 heavy (non-hydrogen) atoms. The Balaban J connectivity index is 1.48. The number of oxazole rings is 1. The first-order chi connectivity index (χ1) is 13.1. The Morgan fingerprint density at radius 2 is 1.93 bits per heavy atom. The van der Waals surface area contributed by atoms with Gasteiger partial charge in [-0.15, -0.1) is 11.3 Å². The van der Waals surface area contributed by atoms with Crippen molar-refractivity contribution >= 4 is 33.7 Å². The molecule has 0 unspecified atom stereocenters. The van der Waals surface area contributed by atoms with Crippen LogP contribution in [0.25, 0.3) is 21.2 Å². The number of hydrogen-bond donors (Lipinski definition) is 1. The van der Waals surface area contributed by atoms with Gasteiger partial charge >= 0.3 is 0 Å². The smallest absolute Gasteiger partial charge is 0.236 e. The molecule has 0 fully saturated rings. The van der Waals surface area contributed by atoms with Crippen molar-refractivity contribution in [1.29, 1.82) is 0 Å². The van der Waals surface area contributed by atoms with Crippen LogP contribution in [0.2, 0.25) is 0 Å². The number of amides is 1. The van der Waals surface area contributed by atoms with Crippen LogP contribution in [0.4, 0.5) is 5.13 Å². The second kappa shape index (κ2) is 7.46. The number of nitrogens with zero attached hydrogens (tertiary/aromatic N) is 2. The van der Waals surface area contributed by atoms with E-state index >= 15 is 0 Å². The number of anilines is 1. The maximum atomic E-state index is 12.5. The van der Waals surface area contributed by atoms with Gasteiger partial charge in [0, 0.05) is 0 Å². The minimum Gasteiger partial charge on any atom is -0.440 e. The molecule has 0 bridgehead atoms. The van der Waals surface area contributed by atoms with E-state index in [1.807, 2.05) is 61.7 Å². The number of carbonyl (C=O) groups excluding carboxylic acids is 1. The molecule has 0 saturated heterocycles. The average molecular weight is 396 g/mol. The quantitative estimate of drug-likeness (QED) is 0.496. The fourth-order valence-electron chi connectivity index (χ4n) is 2.72. The molecule has 1 aromatic carbocycles. The summed E-state index contributed by atoms with van der Waals surface area (Å²) in [5, 5.41) is 5.44. The van der Waals surface area contributed by atoms with Gasteiger partial charge in [-0.3, -0.25) is 4.79 Å². The molecule has 0 aliphatic carbocycles. The Labute approximate surface area is 164 Å². The van der Waals surface area contributed by atoms with Gasteiger partial charge in [0.15, 0.2) is 5.13 Å². The molecule has 7 heteroatoms. The van der Waals surface area contributed by atoms with Gasteiger partial charge in [0.2, 0.25) is 11.8 Å². The zero-order valence-electron chi connectivity index (χ0n) is 14.9. The first-order valence-electron chi connectivity index (χ1n) is 8.43. The highest BCUT2D eigenvalue weighted by molar-refractivity contribution is 7.19. The molecule has 0 saturated carbocycles. The van der Waals surface area contributed by atoms with E-state index in [0.717, 1.165) is 21.0 Å². The van der Waals surface area contributed by atoms with Crippen LogP contribution in [0, 0.1) is 13.8 Å². The lowest BCUT2D eigenvalue weighted by atomic mass is 10.2. The van der Waals surface area contributed by atoms with Crippen LogP contribution in [-0.2, 0) is 11.2 Å². The minimum absolute atomic E-state index is 0.153. The van der Waals surface area contributed by atoms with E-state index < -0.39 is 0 Å². The molecule has 5 nitrogen and oxygen atoms in total. The number of aryl methyl sites for hydroxylation is 2. The first kappa shape index (κ1) is 17.6. The zero-order valence-corrected chi connectivity index (χ0v) is 16.5. The molecule has 0 atom stereocenters. The standard InChI is InChI=1S/C20H17N3O2S2/c1-12-18(14-7-4-3-5-8-14)27-20(21-12)23-17(24)11-15-13(2)25-19(22-15)16-9-6-10-26-16/h3-10H,11H2,1-2H3,(H,21,23,24). The highest BCUT2D eigenvalue weighted by Crippen LogP contribution is 2.32. The number of aromatic nitrogens is 2. The van der Waals surface area contributed by atoms with Gasteiger partial charge in [-0.2, -0.15) is 0 Å². The average Bonchev–Trinajstić information content (AvgIpc) is 3.37. The number of nitrogens with one attached hydrogen (secondary N) is 1. The number of rotatable bonds is 5. The Morgan fingerprint density at radius 3 is 2.67 bits per heavy atom. The third-order valence-electron chi connectivity index (χ3n) is 4.03. The predicted molar refractivity (Wildman–Crippen MR) is 109 cm³/mol. The Morgan fingerprint density at radius 1 is 1.11 bits per heavy atom. The van der Waals surface area contributed by atoms with E-state index in [1.54, 1.807) is 11.3 Å². The molecule has 3 heterocycles. The van der Waals surface area contributed by atoms with Crippen LogP contribution in [-0.4, -0.2) is 15.9 Å². The Kier molecular flexibility index (Phi) is 4.87. The van der Waals surface area contributed by atoms with Crippen molar-refractivity contribution in [3.63, 3.8) is 0 Å². The molecule has 1 N–H and O–H groups in total. The lowest BCUT2D eigenvalue weighted by molar-refractivity contribution is -0.115. The van der Waals surface area contributed by atoms with Gasteiger partial charge in [-0.25, -0.2) is 9.97 Å². The fourth-order valence-corrected chi connectivity index (χ4v) is 4.36. The van der Waals surface area contributed by atoms with Gasteiger partial charge in [-0.1, -0.05) is 47.7 Å². The van der Waals surface area contributed by atoms with Crippen LogP contribution in [0.5, 0.6) is 0 Å². The van der Waals surface area contributed by atoms with E-state index in [9.17, 15) is 4.79 Å². The van der Waals surface area contributed by atoms with Crippen molar-refractivity contribution in [3.8, 4) is 21.2 Å². The van der Waals surface area contributed by atoms with Crippen LogP contribution >= 0.6 is 22.7 Å². The number of thiophene rings is 1. The summed E-state index contributed by atoms with van der Waals surface area (Å²) in [5.74, 6) is 1.06. The summed E-state index contributed by atoms with van der Waals surface area (Å²) in [4.78, 5) is 23.4. The molecule has 0 radical (unpaired) electrons. The van der Waals surface area contributed by atoms with Crippen LogP contribution in [0.3, 0.4) is 0 Å². The zero-order chi connectivity index (χ0) is 18.8. The first-order valence-corrected chi connectivity index (χ1v) is 10.1. The van der Waals surface area contributed by atoms with Crippen molar-refractivity contribution in [2.24, 2.45) is 0 Å². The van der Waals surface area contributed by atoms with Crippen molar-refractivity contribution < 1.29 is 9.21 Å². The van der Waals surface area contributed by atoms with Gasteiger partial charge in [-0.05, 0) is 30.9 Å². The fraction of sp³-hybridized carbons (Fsp3) is 0.150. The Bertz CT molecular complexity index is 1070. The maximum Gasteiger partial charge on any atom is 0.236 e. The molecular formula is C20H17N3O2S2. The summed E-state index contributed by atoms with van der Waals surface area (Å²) in [6.07, 6.45) is 0.153. The van der Waals surface area contributed by atoms with Crippen LogP contribution in [0.1, 0.15) is 17.1 Å². The number of hydrogen-bond acceptors (Lipinski definition) is 6. The summed E-state index contributed by atoms with van der Waals surface area (Å²) in [6, 6.07) is 13.9. The lowest BCUT2D eigenvalue weighted by Crippen LogP contribution is -2.15. The van der Waals surface area contributed by atoms with Crippen LogP contribution < -0.4 is 5.32 Å². The highest BCUT2D eigenvalue weighted by Gasteiger charge is 2.17. The topological polar surface area (TPSA) is 68.0 Å². The van der Waals surface area contributed by atoms with Gasteiger partial charge < -0.3 is 9.73 Å². The second-order valence-electron chi connectivity index (χ2n) is 6.02. The van der Waals surface area contributed by atoms with Gasteiger partial charge in [0.25, 0.3) is 0 Å². The van der Waals surface area contributed by atoms with E-state index in [0.29, 0.717) is 22.5 Å². The molecule has 4 rings (SSSR count). The second-order valence-corrected chi connectivity index (χ2v) is 7.97. The molecular weight excluding hydrogens is 378 g/mol. The highest BCUT2D eigenvalue weighted by atomic mass is 32.1. The summed E-state index contributed by atoms with van der Waals surface area (Å²) in [5.41, 5.74) is 2.65. The van der Waals surface area contributed by atoms with Crippen molar-refractivity contribution in [2.75, 3.05) is 5.32 Å². The monoisotopic (exact) mass is 395 g/mol. The molecule has 136 valence electrons. The minimum atomic E-state index is -0.155. The number of thiazole rings is 1. The number of benzene rings is 1. The normalized spacial score (nSPS) is 10.9. The number of carbonyl (C=O) groups is 1. The lowest BCUT2D eigenvalue weighted by Gasteiger charge is -1.99. The van der Waals surface area contributed by atoms with Crippen LogP contribution in [0.15, 0.2) is 52.3 Å². The Hall–Kier alpha value is -2.77. The third-order valence-corrected chi connectivity index (χ3v) is 6.01. The van der Waals surface area contributed by atoms with E-state index in [2.05, 4.69) is 15.3 Å². The molecule has 0 aliphatic rings. The van der Waals surface area contributed by atoms with E-state index in [1.165, 1.54) is 11.3 Å². The molecule has 4 aromatic rings.